The number of hydrogen-bond donors (Lipinski definition) is 2. The summed E-state index contributed by atoms with van der Waals surface area (Å²) in [5.74, 6) is 0. The fourth-order valence-corrected chi connectivity index (χ4v) is 3.94. The maximum atomic E-state index is 12.5. The van der Waals surface area contributed by atoms with E-state index < -0.39 is 10.0 Å². The Morgan fingerprint density at radius 3 is 2.57 bits per heavy atom. The minimum absolute atomic E-state index is 0.0826. The molecule has 112 valence electrons. The molecule has 0 radical (unpaired) electrons. The molecular formula is C13H11BrCl2N2O2S. The number of anilines is 2. The van der Waals surface area contributed by atoms with Gasteiger partial charge < -0.3 is 5.73 Å². The average molecular weight is 410 g/mol. The molecule has 4 nitrogen and oxygen atoms in total. The van der Waals surface area contributed by atoms with Crippen molar-refractivity contribution in [3.8, 4) is 0 Å². The third kappa shape index (κ3) is 3.45. The molecule has 0 atom stereocenters. The minimum atomic E-state index is -3.82. The molecular weight excluding hydrogens is 399 g/mol. The second-order valence-electron chi connectivity index (χ2n) is 4.35. The van der Waals surface area contributed by atoms with Crippen LogP contribution in [0.4, 0.5) is 11.4 Å². The van der Waals surface area contributed by atoms with E-state index in [1.165, 1.54) is 12.1 Å². The van der Waals surface area contributed by atoms with Gasteiger partial charge in [0, 0.05) is 10.2 Å². The quantitative estimate of drug-likeness (QED) is 0.735. The zero-order valence-electron chi connectivity index (χ0n) is 10.8. The van der Waals surface area contributed by atoms with Gasteiger partial charge in [0.2, 0.25) is 0 Å². The van der Waals surface area contributed by atoms with Crippen molar-refractivity contribution in [2.24, 2.45) is 0 Å². The molecule has 0 saturated heterocycles. The number of nitrogen functional groups attached to an aromatic ring is 1. The lowest BCUT2D eigenvalue weighted by Crippen LogP contribution is -2.15. The Balaban J connectivity index is 2.48. The third-order valence-electron chi connectivity index (χ3n) is 2.78. The fraction of sp³-hybridized carbons (Fsp3) is 0.0769. The highest BCUT2D eigenvalue weighted by molar-refractivity contribution is 9.10. The van der Waals surface area contributed by atoms with Gasteiger partial charge in [-0.1, -0.05) is 29.3 Å². The van der Waals surface area contributed by atoms with Crippen LogP contribution in [0.3, 0.4) is 0 Å². The van der Waals surface area contributed by atoms with Gasteiger partial charge in [-0.2, -0.15) is 0 Å². The van der Waals surface area contributed by atoms with Gasteiger partial charge in [0.05, 0.1) is 20.6 Å². The van der Waals surface area contributed by atoms with E-state index in [9.17, 15) is 8.42 Å². The van der Waals surface area contributed by atoms with E-state index in [1.54, 1.807) is 25.1 Å². The predicted octanol–water partition coefficient (Wildman–Crippen LogP) is 4.45. The van der Waals surface area contributed by atoms with Crippen molar-refractivity contribution in [3.05, 3.63) is 50.4 Å². The molecule has 8 heteroatoms. The number of rotatable bonds is 3. The molecule has 2 aromatic carbocycles. The van der Waals surface area contributed by atoms with E-state index in [4.69, 9.17) is 28.9 Å². The highest BCUT2D eigenvalue weighted by atomic mass is 79.9. The second-order valence-corrected chi connectivity index (χ2v) is 7.64. The summed E-state index contributed by atoms with van der Waals surface area (Å²) in [7, 11) is -3.82. The summed E-state index contributed by atoms with van der Waals surface area (Å²) in [6, 6.07) is 7.74. The molecule has 0 aliphatic carbocycles. The lowest BCUT2D eigenvalue weighted by atomic mass is 10.2. The maximum Gasteiger partial charge on any atom is 0.262 e. The molecule has 0 unspecified atom stereocenters. The summed E-state index contributed by atoms with van der Waals surface area (Å²) >= 11 is 15.1. The van der Waals surface area contributed by atoms with Crippen molar-refractivity contribution in [2.45, 2.75) is 11.8 Å². The zero-order chi connectivity index (χ0) is 15.8. The molecule has 2 aromatic rings. The number of sulfonamides is 1. The van der Waals surface area contributed by atoms with Crippen molar-refractivity contribution in [1.82, 2.24) is 0 Å². The smallest absolute Gasteiger partial charge is 0.262 e. The molecule has 2 rings (SSSR count). The van der Waals surface area contributed by atoms with Gasteiger partial charge in [-0.25, -0.2) is 8.42 Å². The average Bonchev–Trinajstić information content (AvgIpc) is 2.39. The van der Waals surface area contributed by atoms with Crippen LogP contribution in [0.1, 0.15) is 5.56 Å². The summed E-state index contributed by atoms with van der Waals surface area (Å²) in [4.78, 5) is 0.0826. The number of hydrogen-bond acceptors (Lipinski definition) is 3. The number of nitrogens with two attached hydrogens (primary N) is 1. The van der Waals surface area contributed by atoms with Crippen LogP contribution in [0, 0.1) is 6.92 Å². The van der Waals surface area contributed by atoms with E-state index in [0.717, 1.165) is 0 Å². The van der Waals surface area contributed by atoms with Gasteiger partial charge in [0.15, 0.2) is 0 Å². The third-order valence-corrected chi connectivity index (χ3v) is 5.79. The largest absolute Gasteiger partial charge is 0.398 e. The molecule has 0 aromatic heterocycles. The van der Waals surface area contributed by atoms with Crippen LogP contribution in [-0.2, 0) is 10.0 Å². The van der Waals surface area contributed by atoms with E-state index in [-0.39, 0.29) is 20.6 Å². The van der Waals surface area contributed by atoms with Gasteiger partial charge in [-0.3, -0.25) is 4.72 Å². The Kier molecular flexibility index (Phi) is 4.72. The Morgan fingerprint density at radius 2 is 1.90 bits per heavy atom. The molecule has 0 spiro atoms. The summed E-state index contributed by atoms with van der Waals surface area (Å²) < 4.78 is 28.0. The molecule has 0 fully saturated rings. The fourth-order valence-electron chi connectivity index (χ4n) is 1.74. The van der Waals surface area contributed by atoms with Crippen molar-refractivity contribution < 1.29 is 8.42 Å². The Hall–Kier alpha value is -0.950. The first-order chi connectivity index (χ1) is 9.72. The molecule has 0 aliphatic rings. The Bertz CT molecular complexity index is 810. The topological polar surface area (TPSA) is 72.2 Å². The van der Waals surface area contributed by atoms with Crippen LogP contribution in [0.25, 0.3) is 0 Å². The summed E-state index contributed by atoms with van der Waals surface area (Å²) in [5.41, 5.74) is 6.85. The van der Waals surface area contributed by atoms with E-state index >= 15 is 0 Å². The monoisotopic (exact) mass is 408 g/mol. The van der Waals surface area contributed by atoms with E-state index in [0.29, 0.717) is 15.7 Å². The highest BCUT2D eigenvalue weighted by Crippen LogP contribution is 2.33. The molecule has 0 amide bonds. The second kappa shape index (κ2) is 6.04. The molecule has 0 aliphatic heterocycles. The maximum absolute atomic E-state index is 12.5. The number of halogens is 3. The van der Waals surface area contributed by atoms with Gasteiger partial charge in [-0.15, -0.1) is 0 Å². The normalized spacial score (nSPS) is 11.4. The lowest BCUT2D eigenvalue weighted by molar-refractivity contribution is 0.600. The number of nitrogens with one attached hydrogen (secondary N) is 1. The van der Waals surface area contributed by atoms with Crippen LogP contribution >= 0.6 is 39.1 Å². The van der Waals surface area contributed by atoms with Crippen molar-refractivity contribution in [3.63, 3.8) is 0 Å². The highest BCUT2D eigenvalue weighted by Gasteiger charge is 2.20. The van der Waals surface area contributed by atoms with Gasteiger partial charge in [0.25, 0.3) is 10.0 Å². The number of benzene rings is 2. The summed E-state index contributed by atoms with van der Waals surface area (Å²) in [6.45, 7) is 1.68. The van der Waals surface area contributed by atoms with Crippen LogP contribution in [0.2, 0.25) is 10.0 Å². The zero-order valence-corrected chi connectivity index (χ0v) is 14.7. The van der Waals surface area contributed by atoms with Crippen LogP contribution < -0.4 is 10.5 Å². The Morgan fingerprint density at radius 1 is 1.24 bits per heavy atom. The molecule has 0 bridgehead atoms. The predicted molar refractivity (Wildman–Crippen MR) is 90.6 cm³/mol. The lowest BCUT2D eigenvalue weighted by Gasteiger charge is -2.13. The van der Waals surface area contributed by atoms with Gasteiger partial charge >= 0.3 is 0 Å². The van der Waals surface area contributed by atoms with Crippen LogP contribution in [-0.4, -0.2) is 8.42 Å². The van der Waals surface area contributed by atoms with Crippen LogP contribution in [0.5, 0.6) is 0 Å². The molecule has 0 heterocycles. The molecule has 0 saturated carbocycles. The van der Waals surface area contributed by atoms with Gasteiger partial charge in [-0.05, 0) is 52.7 Å². The standard InChI is InChI=1S/C13H11BrCl2N2O2S/c1-7-5-8(14)10(17)6-12(7)21(19,20)18-11-4-2-3-9(15)13(11)16/h2-6,18H,17H2,1H3. The number of aryl methyl sites for hydroxylation is 1. The first kappa shape index (κ1) is 16.4. The summed E-state index contributed by atoms with van der Waals surface area (Å²) in [5, 5.41) is 0.411. The first-order valence-corrected chi connectivity index (χ1v) is 8.78. The molecule has 3 N–H and O–H groups in total. The molecule has 21 heavy (non-hydrogen) atoms. The van der Waals surface area contributed by atoms with Crippen molar-refractivity contribution in [2.75, 3.05) is 10.5 Å². The summed E-state index contributed by atoms with van der Waals surface area (Å²) in [6.07, 6.45) is 0. The first-order valence-electron chi connectivity index (χ1n) is 5.75. The SMILES string of the molecule is Cc1cc(Br)c(N)cc1S(=O)(=O)Nc1cccc(Cl)c1Cl. The van der Waals surface area contributed by atoms with Crippen molar-refractivity contribution >= 4 is 60.5 Å². The Labute approximate surface area is 141 Å². The minimum Gasteiger partial charge on any atom is -0.398 e. The van der Waals surface area contributed by atoms with E-state index in [1.807, 2.05) is 0 Å². The van der Waals surface area contributed by atoms with Crippen molar-refractivity contribution in [1.29, 1.82) is 0 Å². The van der Waals surface area contributed by atoms with Crippen LogP contribution in [0.15, 0.2) is 39.7 Å². The van der Waals surface area contributed by atoms with E-state index in [2.05, 4.69) is 20.7 Å². The van der Waals surface area contributed by atoms with Gasteiger partial charge in [0.1, 0.15) is 0 Å².